The number of hydrogen-bond donors (Lipinski definition) is 1. The van der Waals surface area contributed by atoms with Crippen LogP contribution in [-0.4, -0.2) is 37.2 Å². The smallest absolute Gasteiger partial charge is 0.239 e. The van der Waals surface area contributed by atoms with Gasteiger partial charge in [-0.25, -0.2) is 4.90 Å². The van der Waals surface area contributed by atoms with E-state index in [0.29, 0.717) is 17.2 Å². The molecule has 1 N–H and O–H groups in total. The van der Waals surface area contributed by atoms with E-state index in [-0.39, 0.29) is 17.7 Å². The lowest BCUT2D eigenvalue weighted by molar-refractivity contribution is -0.126. The van der Waals surface area contributed by atoms with Gasteiger partial charge < -0.3 is 14.6 Å². The number of carbonyl (C=O) groups excluding carboxylic acids is 2. The summed E-state index contributed by atoms with van der Waals surface area (Å²) in [4.78, 5) is 29.5. The summed E-state index contributed by atoms with van der Waals surface area (Å²) in [5.41, 5.74) is 3.25. The zero-order chi connectivity index (χ0) is 23.8. The Bertz CT molecular complexity index is 1300. The Kier molecular flexibility index (Phi) is 4.42. The standard InChI is InChI=1S/C28H25NO5/c1-15(30)28-19-10-6-4-8-17(19)23(18-9-5-7-11-20(18)28)24-25(28)27(32)29(26(24)31)21-13-12-16(33-2)14-22(21)34-3/h4-15,23-25,30H,1-3H3/t15-,23?,24+,25+,28?/m0/s1. The minimum atomic E-state index is -1.02. The van der Waals surface area contributed by atoms with E-state index in [4.69, 9.17) is 9.47 Å². The normalized spacial score (nSPS) is 27.2. The zero-order valence-electron chi connectivity index (χ0n) is 19.2. The van der Waals surface area contributed by atoms with Gasteiger partial charge in [0.15, 0.2) is 0 Å². The van der Waals surface area contributed by atoms with Gasteiger partial charge in [0, 0.05) is 12.0 Å². The second kappa shape index (κ2) is 7.18. The molecule has 0 saturated carbocycles. The predicted octanol–water partition coefficient (Wildman–Crippen LogP) is 3.64. The fourth-order valence-corrected chi connectivity index (χ4v) is 6.75. The van der Waals surface area contributed by atoms with Gasteiger partial charge in [-0.2, -0.15) is 0 Å². The van der Waals surface area contributed by atoms with Crippen molar-refractivity contribution in [3.05, 3.63) is 89.0 Å². The molecule has 1 heterocycles. The van der Waals surface area contributed by atoms with E-state index < -0.39 is 23.4 Å². The van der Waals surface area contributed by atoms with E-state index in [1.807, 2.05) is 48.5 Å². The van der Waals surface area contributed by atoms with E-state index >= 15 is 0 Å². The number of carbonyl (C=O) groups is 2. The first-order valence-electron chi connectivity index (χ1n) is 11.4. The van der Waals surface area contributed by atoms with Crippen LogP contribution in [0.2, 0.25) is 0 Å². The van der Waals surface area contributed by atoms with Crippen molar-refractivity contribution in [2.75, 3.05) is 19.1 Å². The highest BCUT2D eigenvalue weighted by atomic mass is 16.5. The molecule has 172 valence electrons. The molecular formula is C28H25NO5. The van der Waals surface area contributed by atoms with Crippen molar-refractivity contribution in [2.24, 2.45) is 11.8 Å². The van der Waals surface area contributed by atoms with E-state index in [2.05, 4.69) is 0 Å². The fourth-order valence-electron chi connectivity index (χ4n) is 6.75. The van der Waals surface area contributed by atoms with Crippen LogP contribution in [0.3, 0.4) is 0 Å². The van der Waals surface area contributed by atoms with Gasteiger partial charge >= 0.3 is 0 Å². The Morgan fingerprint density at radius 2 is 1.50 bits per heavy atom. The number of hydrogen-bond acceptors (Lipinski definition) is 5. The molecule has 2 amide bonds. The summed E-state index contributed by atoms with van der Waals surface area (Å²) in [5, 5.41) is 11.4. The van der Waals surface area contributed by atoms with Gasteiger partial charge in [-0.3, -0.25) is 9.59 Å². The molecule has 7 rings (SSSR count). The Balaban J connectivity index is 1.62. The maximum Gasteiger partial charge on any atom is 0.239 e. The van der Waals surface area contributed by atoms with Crippen LogP contribution in [0.5, 0.6) is 11.5 Å². The highest BCUT2D eigenvalue weighted by Gasteiger charge is 2.69. The average molecular weight is 456 g/mol. The lowest BCUT2D eigenvalue weighted by atomic mass is 9.46. The Labute approximate surface area is 197 Å². The maximum atomic E-state index is 14.2. The third kappa shape index (κ3) is 2.33. The number of anilines is 1. The van der Waals surface area contributed by atoms with Crippen molar-refractivity contribution < 1.29 is 24.2 Å². The number of amides is 2. The van der Waals surface area contributed by atoms with Gasteiger partial charge in [0.25, 0.3) is 0 Å². The SMILES string of the molecule is COc1ccc(N2C(=O)[C@@H]3C4c5ccccc5C([C@H](C)O)(c5ccccc54)[C@H]3C2=O)c(OC)c1. The predicted molar refractivity (Wildman–Crippen MR) is 126 cm³/mol. The van der Waals surface area contributed by atoms with E-state index in [1.54, 1.807) is 32.2 Å². The van der Waals surface area contributed by atoms with Crippen LogP contribution in [0.15, 0.2) is 66.7 Å². The van der Waals surface area contributed by atoms with Gasteiger partial charge in [0.1, 0.15) is 11.5 Å². The summed E-state index contributed by atoms with van der Waals surface area (Å²) in [5.74, 6) is -1.22. The Hall–Kier alpha value is -3.64. The molecule has 1 aliphatic heterocycles. The molecule has 3 aliphatic carbocycles. The Morgan fingerprint density at radius 3 is 2.06 bits per heavy atom. The van der Waals surface area contributed by atoms with E-state index in [1.165, 1.54) is 12.0 Å². The van der Waals surface area contributed by atoms with Crippen molar-refractivity contribution in [3.8, 4) is 11.5 Å². The number of imide groups is 1. The molecule has 1 saturated heterocycles. The molecule has 3 aromatic rings. The minimum Gasteiger partial charge on any atom is -0.497 e. The van der Waals surface area contributed by atoms with Crippen molar-refractivity contribution in [2.45, 2.75) is 24.4 Å². The molecule has 4 aliphatic rings. The van der Waals surface area contributed by atoms with Crippen LogP contribution < -0.4 is 14.4 Å². The first kappa shape index (κ1) is 20.9. The molecule has 0 aromatic heterocycles. The summed E-state index contributed by atoms with van der Waals surface area (Å²) >= 11 is 0. The van der Waals surface area contributed by atoms with Crippen LogP contribution in [0, 0.1) is 11.8 Å². The van der Waals surface area contributed by atoms with Gasteiger partial charge in [0.05, 0.1) is 43.3 Å². The molecule has 0 spiro atoms. The van der Waals surface area contributed by atoms with Crippen LogP contribution in [0.25, 0.3) is 0 Å². The first-order valence-corrected chi connectivity index (χ1v) is 11.4. The summed E-state index contributed by atoms with van der Waals surface area (Å²) < 4.78 is 10.8. The van der Waals surface area contributed by atoms with Gasteiger partial charge in [-0.15, -0.1) is 0 Å². The summed E-state index contributed by atoms with van der Waals surface area (Å²) in [6.45, 7) is 1.73. The van der Waals surface area contributed by atoms with E-state index in [9.17, 15) is 14.7 Å². The second-order valence-electron chi connectivity index (χ2n) is 9.25. The van der Waals surface area contributed by atoms with E-state index in [0.717, 1.165) is 22.3 Å². The topological polar surface area (TPSA) is 76.1 Å². The number of aliphatic hydroxyl groups excluding tert-OH is 1. The lowest BCUT2D eigenvalue weighted by Crippen LogP contribution is -2.58. The van der Waals surface area contributed by atoms with Crippen LogP contribution in [-0.2, 0) is 15.0 Å². The molecule has 34 heavy (non-hydrogen) atoms. The highest BCUT2D eigenvalue weighted by Crippen LogP contribution is 2.65. The van der Waals surface area contributed by atoms with Gasteiger partial charge in [-0.1, -0.05) is 48.5 Å². The molecule has 3 atom stereocenters. The molecule has 6 nitrogen and oxygen atoms in total. The van der Waals surface area contributed by atoms with Gasteiger partial charge in [0.2, 0.25) is 11.8 Å². The third-order valence-electron chi connectivity index (χ3n) is 7.97. The number of ether oxygens (including phenoxy) is 2. The molecule has 0 unspecified atom stereocenters. The average Bonchev–Trinajstić information content (AvgIpc) is 3.13. The fraction of sp³-hybridized carbons (Fsp3) is 0.286. The molecular weight excluding hydrogens is 430 g/mol. The number of aliphatic hydroxyl groups is 1. The van der Waals surface area contributed by atoms with Crippen LogP contribution in [0.4, 0.5) is 5.69 Å². The van der Waals surface area contributed by atoms with Gasteiger partial charge in [-0.05, 0) is 41.3 Å². The highest BCUT2D eigenvalue weighted by molar-refractivity contribution is 6.24. The van der Waals surface area contributed by atoms with Crippen molar-refractivity contribution in [1.82, 2.24) is 0 Å². The lowest BCUT2D eigenvalue weighted by Gasteiger charge is -2.55. The molecule has 0 radical (unpaired) electrons. The molecule has 6 heteroatoms. The minimum absolute atomic E-state index is 0.260. The summed E-state index contributed by atoms with van der Waals surface area (Å²) in [7, 11) is 3.05. The summed E-state index contributed by atoms with van der Waals surface area (Å²) in [6.07, 6.45) is -0.891. The third-order valence-corrected chi connectivity index (χ3v) is 7.97. The monoisotopic (exact) mass is 455 g/mol. The number of rotatable bonds is 4. The van der Waals surface area contributed by atoms with Crippen molar-refractivity contribution in [1.29, 1.82) is 0 Å². The van der Waals surface area contributed by atoms with Crippen molar-refractivity contribution >= 4 is 17.5 Å². The molecule has 1 fully saturated rings. The first-order chi connectivity index (χ1) is 16.5. The molecule has 3 aromatic carbocycles. The number of methoxy groups -OCH3 is 2. The number of benzene rings is 3. The van der Waals surface area contributed by atoms with Crippen LogP contribution >= 0.6 is 0 Å². The summed E-state index contributed by atoms with van der Waals surface area (Å²) in [6, 6.07) is 20.9. The second-order valence-corrected chi connectivity index (χ2v) is 9.25. The Morgan fingerprint density at radius 1 is 0.882 bits per heavy atom. The zero-order valence-corrected chi connectivity index (χ0v) is 19.2. The largest absolute Gasteiger partial charge is 0.497 e. The maximum absolute atomic E-state index is 14.2. The number of nitrogens with zero attached hydrogens (tertiary/aromatic N) is 1. The van der Waals surface area contributed by atoms with Crippen LogP contribution in [0.1, 0.15) is 35.1 Å². The molecule has 2 bridgehead atoms. The quantitative estimate of drug-likeness (QED) is 0.608. The van der Waals surface area contributed by atoms with Crippen molar-refractivity contribution in [3.63, 3.8) is 0 Å².